The average molecular weight is 576 g/mol. The van der Waals surface area contributed by atoms with Gasteiger partial charge in [0, 0.05) is 44.8 Å². The maximum absolute atomic E-state index is 15.6. The highest BCUT2D eigenvalue weighted by molar-refractivity contribution is 5.97. The maximum atomic E-state index is 15.6. The third-order valence-electron chi connectivity index (χ3n) is 7.07. The number of aromatic nitrogens is 1. The second-order valence-corrected chi connectivity index (χ2v) is 10.0. The van der Waals surface area contributed by atoms with Crippen molar-refractivity contribution in [3.8, 4) is 5.75 Å². The number of ether oxygens (including phenoxy) is 3. The van der Waals surface area contributed by atoms with E-state index in [2.05, 4.69) is 0 Å². The van der Waals surface area contributed by atoms with Gasteiger partial charge >= 0.3 is 18.0 Å². The third kappa shape index (κ3) is 6.00. The average Bonchev–Trinajstić information content (AvgIpc) is 3.76. The van der Waals surface area contributed by atoms with Gasteiger partial charge in [-0.05, 0) is 25.8 Å². The van der Waals surface area contributed by atoms with Gasteiger partial charge in [-0.15, -0.1) is 0 Å². The molecule has 14 heteroatoms. The van der Waals surface area contributed by atoms with E-state index >= 15 is 4.39 Å². The number of aldehydes is 2. The standard InChI is InChI=1S/C27H30FN3O10/c1-14-10-29(6-7-30(14)27(38)41-15(2)40-21(34)8-16(12-32)13-33)23-20(28)9-18-22(25(23)39-3)31(17-4-5-17)11-19(24(18)35)26(36)37/h9,11-17H,4-8,10H2,1-3H3,(H,36,37). The predicted molar refractivity (Wildman–Crippen MR) is 141 cm³/mol. The van der Waals surface area contributed by atoms with Crippen molar-refractivity contribution in [3.63, 3.8) is 0 Å². The summed E-state index contributed by atoms with van der Waals surface area (Å²) in [5, 5.41) is 9.42. The lowest BCUT2D eigenvalue weighted by Gasteiger charge is -2.41. The molecule has 0 spiro atoms. The normalized spacial score (nSPS) is 17.7. The molecule has 2 atom stereocenters. The van der Waals surface area contributed by atoms with Gasteiger partial charge in [0.1, 0.15) is 23.8 Å². The molecule has 0 radical (unpaired) electrons. The van der Waals surface area contributed by atoms with E-state index in [-0.39, 0.29) is 42.5 Å². The van der Waals surface area contributed by atoms with Crippen molar-refractivity contribution in [1.29, 1.82) is 0 Å². The summed E-state index contributed by atoms with van der Waals surface area (Å²) in [6.45, 7) is 3.45. The Kier molecular flexibility index (Phi) is 8.59. The van der Waals surface area contributed by atoms with Crippen LogP contribution in [-0.4, -0.2) is 84.3 Å². The number of carboxylic acid groups (broad SMARTS) is 1. The van der Waals surface area contributed by atoms with Crippen molar-refractivity contribution < 1.29 is 47.7 Å². The molecule has 1 N–H and O–H groups in total. The minimum atomic E-state index is -1.40. The number of hydrogen-bond donors (Lipinski definition) is 1. The highest BCUT2D eigenvalue weighted by Crippen LogP contribution is 2.44. The number of pyridine rings is 1. The number of hydrogen-bond acceptors (Lipinski definition) is 10. The fourth-order valence-corrected chi connectivity index (χ4v) is 4.94. The molecule has 1 saturated heterocycles. The lowest BCUT2D eigenvalue weighted by Crippen LogP contribution is -2.55. The highest BCUT2D eigenvalue weighted by atomic mass is 19.1. The summed E-state index contributed by atoms with van der Waals surface area (Å²) in [5.41, 5.74) is -0.875. The van der Waals surface area contributed by atoms with E-state index in [1.165, 1.54) is 25.1 Å². The Balaban J connectivity index is 1.54. The number of aromatic carboxylic acids is 1. The number of halogens is 1. The largest absolute Gasteiger partial charge is 0.492 e. The summed E-state index contributed by atoms with van der Waals surface area (Å²) in [5.74, 6) is -4.12. The van der Waals surface area contributed by atoms with Gasteiger partial charge in [0.05, 0.1) is 30.4 Å². The lowest BCUT2D eigenvalue weighted by molar-refractivity contribution is -0.168. The molecule has 0 bridgehead atoms. The summed E-state index contributed by atoms with van der Waals surface area (Å²) in [7, 11) is 1.34. The van der Waals surface area contributed by atoms with Crippen LogP contribution < -0.4 is 15.1 Å². The number of nitrogens with zero attached hydrogens (tertiary/aromatic N) is 3. The molecule has 41 heavy (non-hydrogen) atoms. The van der Waals surface area contributed by atoms with Crippen molar-refractivity contribution in [2.45, 2.75) is 51.5 Å². The minimum Gasteiger partial charge on any atom is -0.492 e. The molecule has 13 nitrogen and oxygen atoms in total. The number of carbonyl (C=O) groups is 5. The Labute approximate surface area is 233 Å². The van der Waals surface area contributed by atoms with E-state index in [4.69, 9.17) is 14.2 Å². The van der Waals surface area contributed by atoms with Gasteiger partial charge < -0.3 is 43.3 Å². The van der Waals surface area contributed by atoms with Gasteiger partial charge in [-0.1, -0.05) is 0 Å². The Bertz CT molecular complexity index is 1450. The number of fused-ring (bicyclic) bond motifs is 1. The number of rotatable bonds is 10. The monoisotopic (exact) mass is 575 g/mol. The number of esters is 1. The fraction of sp³-hybridized carbons (Fsp3) is 0.481. The first kappa shape index (κ1) is 29.5. The number of anilines is 1. The first-order valence-corrected chi connectivity index (χ1v) is 13.0. The molecule has 2 heterocycles. The minimum absolute atomic E-state index is 0.0483. The summed E-state index contributed by atoms with van der Waals surface area (Å²) in [6, 6.07) is 0.489. The molecule has 1 saturated carbocycles. The Morgan fingerprint density at radius 3 is 2.41 bits per heavy atom. The zero-order valence-corrected chi connectivity index (χ0v) is 22.7. The molecule has 2 aliphatic rings. The highest BCUT2D eigenvalue weighted by Gasteiger charge is 2.35. The molecule has 1 aliphatic heterocycles. The van der Waals surface area contributed by atoms with Crippen molar-refractivity contribution in [2.24, 2.45) is 5.92 Å². The van der Waals surface area contributed by atoms with Gasteiger partial charge in [0.25, 0.3) is 0 Å². The second kappa shape index (κ2) is 11.9. The van der Waals surface area contributed by atoms with Crippen LogP contribution in [0.4, 0.5) is 14.9 Å². The molecule has 1 aromatic carbocycles. The van der Waals surface area contributed by atoms with Crippen LogP contribution in [0.5, 0.6) is 5.75 Å². The van der Waals surface area contributed by atoms with Crippen LogP contribution in [0.25, 0.3) is 10.9 Å². The first-order valence-electron chi connectivity index (χ1n) is 13.0. The molecule has 4 rings (SSSR count). The van der Waals surface area contributed by atoms with Crippen LogP contribution in [0, 0.1) is 11.7 Å². The Morgan fingerprint density at radius 2 is 1.85 bits per heavy atom. The number of methoxy groups -OCH3 is 1. The molecular formula is C27H30FN3O10. The van der Waals surface area contributed by atoms with Crippen LogP contribution in [0.2, 0.25) is 0 Å². The van der Waals surface area contributed by atoms with E-state index in [1.807, 2.05) is 0 Å². The van der Waals surface area contributed by atoms with Crippen molar-refractivity contribution >= 4 is 47.2 Å². The summed E-state index contributed by atoms with van der Waals surface area (Å²) >= 11 is 0. The van der Waals surface area contributed by atoms with Gasteiger partial charge in [-0.25, -0.2) is 14.0 Å². The van der Waals surface area contributed by atoms with Crippen molar-refractivity contribution in [2.75, 3.05) is 31.6 Å². The number of amides is 1. The van der Waals surface area contributed by atoms with Crippen LogP contribution in [0.3, 0.4) is 0 Å². The van der Waals surface area contributed by atoms with Crippen molar-refractivity contribution in [3.05, 3.63) is 33.9 Å². The first-order chi connectivity index (χ1) is 19.5. The predicted octanol–water partition coefficient (Wildman–Crippen LogP) is 2.12. The molecule has 1 amide bonds. The Hall–Kier alpha value is -4.49. The van der Waals surface area contributed by atoms with Crippen LogP contribution in [0.15, 0.2) is 17.1 Å². The number of carbonyl (C=O) groups excluding carboxylic acids is 4. The van der Waals surface area contributed by atoms with E-state index in [9.17, 15) is 33.9 Å². The molecule has 2 unspecified atom stereocenters. The fourth-order valence-electron chi connectivity index (χ4n) is 4.94. The van der Waals surface area contributed by atoms with E-state index < -0.39 is 59.5 Å². The van der Waals surface area contributed by atoms with Gasteiger partial charge in [0.2, 0.25) is 11.7 Å². The molecule has 1 aliphatic carbocycles. The van der Waals surface area contributed by atoms with Crippen LogP contribution in [-0.2, 0) is 23.9 Å². The molecule has 2 fully saturated rings. The Morgan fingerprint density at radius 1 is 1.17 bits per heavy atom. The zero-order chi connectivity index (χ0) is 30.0. The SMILES string of the molecule is COc1c(N2CCN(C(=O)OC(C)OC(=O)CC(C=O)C=O)C(C)C2)c(F)cc2c(=O)c(C(=O)O)cn(C3CC3)c12. The van der Waals surface area contributed by atoms with Gasteiger partial charge in [-0.3, -0.25) is 9.59 Å². The number of piperazine rings is 1. The van der Waals surface area contributed by atoms with Crippen molar-refractivity contribution in [1.82, 2.24) is 9.47 Å². The smallest absolute Gasteiger partial charge is 0.413 e. The summed E-state index contributed by atoms with van der Waals surface area (Å²) in [6.07, 6.45) is 0.907. The van der Waals surface area contributed by atoms with E-state index in [0.29, 0.717) is 18.1 Å². The third-order valence-corrected chi connectivity index (χ3v) is 7.07. The van der Waals surface area contributed by atoms with Gasteiger partial charge in [0.15, 0.2) is 11.6 Å². The van der Waals surface area contributed by atoms with Gasteiger partial charge in [-0.2, -0.15) is 0 Å². The summed E-state index contributed by atoms with van der Waals surface area (Å²) in [4.78, 5) is 73.8. The molecule has 220 valence electrons. The molecule has 2 aromatic rings. The molecular weight excluding hydrogens is 545 g/mol. The number of benzene rings is 1. The topological polar surface area (TPSA) is 162 Å². The quantitative estimate of drug-likeness (QED) is 0.191. The number of carboxylic acids is 1. The summed E-state index contributed by atoms with van der Waals surface area (Å²) < 4.78 is 33.1. The zero-order valence-electron chi connectivity index (χ0n) is 22.7. The van der Waals surface area contributed by atoms with E-state index in [1.54, 1.807) is 16.4 Å². The van der Waals surface area contributed by atoms with Crippen LogP contribution >= 0.6 is 0 Å². The second-order valence-electron chi connectivity index (χ2n) is 10.0. The van der Waals surface area contributed by atoms with E-state index in [0.717, 1.165) is 18.9 Å². The molecule has 1 aromatic heterocycles. The van der Waals surface area contributed by atoms with Crippen LogP contribution in [0.1, 0.15) is 49.5 Å². The maximum Gasteiger partial charge on any atom is 0.413 e. The lowest BCUT2D eigenvalue weighted by atomic mass is 10.1.